The fourth-order valence-electron chi connectivity index (χ4n) is 9.40. The Balaban J connectivity index is 1.82. The molecule has 0 radical (unpaired) electrons. The maximum atomic E-state index is 14.4. The molecule has 3 fully saturated rings. The van der Waals surface area contributed by atoms with Crippen LogP contribution in [0.1, 0.15) is 102 Å². The van der Waals surface area contributed by atoms with E-state index in [1.807, 2.05) is 46.7 Å². The van der Waals surface area contributed by atoms with Gasteiger partial charge in [-0.15, -0.1) is 0 Å². The van der Waals surface area contributed by atoms with Gasteiger partial charge in [-0.25, -0.2) is 4.98 Å². The van der Waals surface area contributed by atoms with Crippen molar-refractivity contribution in [3.8, 4) is 0 Å². The number of likely N-dealkylation sites (N-methyl/N-ethyl adjacent to an activating group) is 1. The van der Waals surface area contributed by atoms with Gasteiger partial charge in [-0.3, -0.25) is 19.0 Å². The van der Waals surface area contributed by atoms with Gasteiger partial charge < -0.3 is 53.0 Å². The summed E-state index contributed by atoms with van der Waals surface area (Å²) < 4.78 is 52.6. The third-order valence-electron chi connectivity index (χ3n) is 13.0. The number of hydrogen-bond donors (Lipinski definition) is 2. The summed E-state index contributed by atoms with van der Waals surface area (Å²) in [5.74, 6) is -5.38. The molecule has 18 atom stereocenters. The van der Waals surface area contributed by atoms with Crippen LogP contribution in [0, 0.1) is 29.6 Å². The maximum Gasteiger partial charge on any atom is 0.311 e. The molecular weight excluding hydrogens is 799 g/mol. The van der Waals surface area contributed by atoms with Gasteiger partial charge in [0.2, 0.25) is 0 Å². The minimum atomic E-state index is -1.78. The number of nitrogens with zero attached hydrogens (tertiary/aromatic N) is 3. The van der Waals surface area contributed by atoms with Crippen LogP contribution in [0.4, 0.5) is 0 Å². The summed E-state index contributed by atoms with van der Waals surface area (Å²) >= 11 is 5.56. The zero-order chi connectivity index (χ0) is 45.0. The molecule has 0 aromatic carbocycles. The predicted molar refractivity (Wildman–Crippen MR) is 223 cm³/mol. The minimum absolute atomic E-state index is 0.0821. The van der Waals surface area contributed by atoms with Crippen molar-refractivity contribution in [1.82, 2.24) is 14.5 Å². The zero-order valence-electron chi connectivity index (χ0n) is 37.9. The van der Waals surface area contributed by atoms with Crippen LogP contribution in [-0.4, -0.2) is 147 Å². The van der Waals surface area contributed by atoms with Crippen molar-refractivity contribution in [2.24, 2.45) is 29.6 Å². The average Bonchev–Trinajstić information content (AvgIpc) is 3.73. The Morgan fingerprint density at radius 3 is 2.22 bits per heavy atom. The lowest BCUT2D eigenvalue weighted by Crippen LogP contribution is -2.61. The molecule has 4 rings (SSSR count). The summed E-state index contributed by atoms with van der Waals surface area (Å²) in [6.07, 6.45) is -3.01. The van der Waals surface area contributed by atoms with Gasteiger partial charge in [-0.2, -0.15) is 0 Å². The van der Waals surface area contributed by atoms with Gasteiger partial charge in [0.05, 0.1) is 48.1 Å². The summed E-state index contributed by atoms with van der Waals surface area (Å²) in [6.45, 7) is 18.9. The first-order valence-corrected chi connectivity index (χ1v) is 21.7. The van der Waals surface area contributed by atoms with Crippen molar-refractivity contribution in [3.63, 3.8) is 0 Å². The van der Waals surface area contributed by atoms with Gasteiger partial charge in [0.15, 0.2) is 24.8 Å². The number of rotatable bonds is 9. The minimum Gasteiger partial charge on any atom is -0.462 e. The van der Waals surface area contributed by atoms with E-state index in [1.54, 1.807) is 65.6 Å². The smallest absolute Gasteiger partial charge is 0.311 e. The molecule has 0 saturated carbocycles. The molecule has 0 spiro atoms. The lowest BCUT2D eigenvalue weighted by Gasteiger charge is -2.49. The van der Waals surface area contributed by atoms with Crippen molar-refractivity contribution < 1.29 is 62.5 Å². The number of methoxy groups -OCH3 is 1. The van der Waals surface area contributed by atoms with Crippen LogP contribution in [0.3, 0.4) is 0 Å². The van der Waals surface area contributed by atoms with Gasteiger partial charge in [0.25, 0.3) is 5.17 Å². The van der Waals surface area contributed by atoms with E-state index in [1.165, 1.54) is 13.3 Å². The molecule has 3 saturated heterocycles. The van der Waals surface area contributed by atoms with Crippen molar-refractivity contribution in [1.29, 1.82) is 0 Å². The highest BCUT2D eigenvalue weighted by atomic mass is 32.1. The van der Waals surface area contributed by atoms with E-state index < -0.39 is 108 Å². The molecule has 2 unspecified atom stereocenters. The Bertz CT molecular complexity index is 1600. The van der Waals surface area contributed by atoms with E-state index >= 15 is 0 Å². The van der Waals surface area contributed by atoms with Crippen LogP contribution in [0.2, 0.25) is 0 Å². The van der Waals surface area contributed by atoms with Gasteiger partial charge in [0.1, 0.15) is 23.8 Å². The van der Waals surface area contributed by atoms with Gasteiger partial charge in [-0.1, -0.05) is 34.6 Å². The Morgan fingerprint density at radius 1 is 0.983 bits per heavy atom. The number of carbonyl (C=O) groups excluding carboxylic acids is 3. The molecular formula is C43H71N3O13S. The highest BCUT2D eigenvalue weighted by Crippen LogP contribution is 2.41. The van der Waals surface area contributed by atoms with Crippen LogP contribution < -0.4 is 0 Å². The zero-order valence-corrected chi connectivity index (χ0v) is 38.7. The molecule has 0 aliphatic carbocycles. The number of esters is 2. The number of thiocarbonyl (C=S) groups is 1. The van der Waals surface area contributed by atoms with E-state index in [4.69, 9.17) is 50.1 Å². The van der Waals surface area contributed by atoms with E-state index in [0.717, 1.165) is 0 Å². The number of carbonyl (C=O) groups is 3. The monoisotopic (exact) mass is 869 g/mol. The van der Waals surface area contributed by atoms with Crippen LogP contribution in [0.15, 0.2) is 18.7 Å². The van der Waals surface area contributed by atoms with E-state index in [-0.39, 0.29) is 35.9 Å². The van der Waals surface area contributed by atoms with Crippen LogP contribution in [0.25, 0.3) is 0 Å². The summed E-state index contributed by atoms with van der Waals surface area (Å²) in [5, 5.41) is 24.3. The van der Waals surface area contributed by atoms with Crippen molar-refractivity contribution in [3.05, 3.63) is 18.7 Å². The van der Waals surface area contributed by atoms with Gasteiger partial charge >= 0.3 is 11.9 Å². The largest absolute Gasteiger partial charge is 0.462 e. The second-order valence-corrected chi connectivity index (χ2v) is 18.5. The summed E-state index contributed by atoms with van der Waals surface area (Å²) in [7, 11) is 5.31. The fraction of sp³-hybridized carbons (Fsp3) is 0.837. The first-order chi connectivity index (χ1) is 28.0. The van der Waals surface area contributed by atoms with Crippen LogP contribution in [0.5, 0.6) is 0 Å². The highest BCUT2D eigenvalue weighted by molar-refractivity contribution is 7.80. The second kappa shape index (κ2) is 20.7. The first kappa shape index (κ1) is 50.0. The Hall–Kier alpha value is -2.61. The first-order valence-electron chi connectivity index (χ1n) is 21.3. The highest BCUT2D eigenvalue weighted by Gasteiger charge is 2.54. The molecule has 17 heteroatoms. The van der Waals surface area contributed by atoms with Crippen LogP contribution in [-0.2, 0) is 52.3 Å². The second-order valence-electron chi connectivity index (χ2n) is 18.1. The van der Waals surface area contributed by atoms with Crippen molar-refractivity contribution in [2.45, 2.75) is 181 Å². The van der Waals surface area contributed by atoms with Gasteiger partial charge in [-0.05, 0) is 80.2 Å². The Labute approximate surface area is 361 Å². The summed E-state index contributed by atoms with van der Waals surface area (Å²) in [6, 6.07) is -0.307. The number of imidazole rings is 1. The van der Waals surface area contributed by atoms with Crippen LogP contribution >= 0.6 is 12.2 Å². The standard InChI is InChI=1S/C43H71N3O13S/c1-15-31-24(4)34(49)25(5)33(48)22(2)19-42(10,51)37(58-40-36(55-29(9)47)30(45(12)13)18-23(3)53-40)26(6)35(27(7)39(50)56-31)57-32-20-43(11,52-14)38(28(8)54-32)59-41(60)46-17-16-44-21-46/h16-17,21-28,30-32,34-38,40,49,51H,15,18-20H2,1-14H3/t22-,23-,24+,25+,26+,27-,28+,30+,31?,32+,34+,35?,36-,37-,38+,40+,42-,43-/m1/s1. The molecule has 0 bridgehead atoms. The number of aromatic nitrogens is 2. The average molecular weight is 870 g/mol. The number of aliphatic hydroxyl groups is 2. The lowest BCUT2D eigenvalue weighted by atomic mass is 9.74. The number of hydrogen-bond acceptors (Lipinski definition) is 16. The number of ketones is 1. The van der Waals surface area contributed by atoms with Gasteiger partial charge in [0, 0.05) is 56.5 Å². The fourth-order valence-corrected chi connectivity index (χ4v) is 9.62. The molecule has 0 amide bonds. The maximum absolute atomic E-state index is 14.4. The van der Waals surface area contributed by atoms with Crippen molar-refractivity contribution in [2.75, 3.05) is 21.2 Å². The topological polar surface area (TPSA) is 187 Å². The van der Waals surface area contributed by atoms with Crippen molar-refractivity contribution >= 4 is 35.1 Å². The Kier molecular flexibility index (Phi) is 17.3. The molecule has 3 aliphatic heterocycles. The molecule has 342 valence electrons. The SMILES string of the molecule is CCC1OC(=O)[C@H](C)C(O[C@H]2C[C@@](C)(OC)[C@@H](OC(=S)n3ccnc3)[C@H](C)O2)[C@H](C)[C@@H](O[C@@H]2O[C@H](C)C[C@H](N(C)C)[C@H]2OC(C)=O)[C@](C)(O)C[C@@H](C)C(=O)[C@H](C)[C@@H](O)[C@H]1C. The van der Waals surface area contributed by atoms with E-state index in [2.05, 4.69) is 4.98 Å². The molecule has 1 aromatic heterocycles. The molecule has 2 N–H and O–H groups in total. The third-order valence-corrected chi connectivity index (χ3v) is 13.3. The van der Waals surface area contributed by atoms with E-state index in [9.17, 15) is 24.6 Å². The molecule has 60 heavy (non-hydrogen) atoms. The molecule has 1 aromatic rings. The molecule has 16 nitrogen and oxygen atoms in total. The Morgan fingerprint density at radius 2 is 1.65 bits per heavy atom. The summed E-state index contributed by atoms with van der Waals surface area (Å²) in [4.78, 5) is 46.9. The normalized spacial score (nSPS) is 42.5. The number of Topliss-reactive ketones (excluding diaryl/α,β-unsaturated/α-hetero) is 1. The third kappa shape index (κ3) is 11.5. The predicted octanol–water partition coefficient (Wildman–Crippen LogP) is 4.30. The number of cyclic esters (lactones) is 1. The number of ether oxygens (including phenoxy) is 8. The summed E-state index contributed by atoms with van der Waals surface area (Å²) in [5.41, 5.74) is -2.78. The lowest BCUT2D eigenvalue weighted by molar-refractivity contribution is -0.317. The quantitative estimate of drug-likeness (QED) is 0.264. The molecule has 3 aliphatic rings. The number of aliphatic hydroxyl groups excluding tert-OH is 1. The molecule has 4 heterocycles. The van der Waals surface area contributed by atoms with E-state index in [0.29, 0.717) is 12.8 Å².